The fraction of sp³-hybridized carbons (Fsp3) is 1.00. The van der Waals surface area contributed by atoms with Gasteiger partial charge in [-0.1, -0.05) is 12.8 Å². The van der Waals surface area contributed by atoms with Gasteiger partial charge in [0.15, 0.2) is 0 Å². The lowest BCUT2D eigenvalue weighted by molar-refractivity contribution is -0.130. The van der Waals surface area contributed by atoms with E-state index >= 15 is 0 Å². The summed E-state index contributed by atoms with van der Waals surface area (Å²) in [5.74, 6) is 0. The lowest BCUT2D eigenvalue weighted by Crippen LogP contribution is -2.66. The van der Waals surface area contributed by atoms with E-state index in [0.717, 1.165) is 19.5 Å². The van der Waals surface area contributed by atoms with Gasteiger partial charge >= 0.3 is 0 Å². The third-order valence-corrected chi connectivity index (χ3v) is 5.24. The Morgan fingerprint density at radius 3 is 2.56 bits per heavy atom. The van der Waals surface area contributed by atoms with Gasteiger partial charge in [-0.05, 0) is 25.7 Å². The molecule has 0 aromatic rings. The summed E-state index contributed by atoms with van der Waals surface area (Å²) in [6, 6.07) is 0. The molecule has 4 unspecified atom stereocenters. The summed E-state index contributed by atoms with van der Waals surface area (Å²) in [4.78, 5) is 2.60. The van der Waals surface area contributed by atoms with E-state index in [1.165, 1.54) is 32.1 Å². The van der Waals surface area contributed by atoms with Gasteiger partial charge in [0, 0.05) is 26.7 Å². The van der Waals surface area contributed by atoms with Crippen LogP contribution >= 0.6 is 0 Å². The predicted molar refractivity (Wildman–Crippen MR) is 70.5 cm³/mol. The minimum atomic E-state index is 0.0671. The van der Waals surface area contributed by atoms with Gasteiger partial charge in [-0.25, -0.2) is 0 Å². The van der Waals surface area contributed by atoms with Crippen LogP contribution in [-0.4, -0.2) is 55.5 Å². The second-order valence-electron chi connectivity index (χ2n) is 6.14. The summed E-state index contributed by atoms with van der Waals surface area (Å²) in [5, 5.41) is 0. The molecule has 2 saturated heterocycles. The molecule has 4 heteroatoms. The van der Waals surface area contributed by atoms with Crippen LogP contribution in [-0.2, 0) is 9.47 Å². The molecule has 0 aromatic carbocycles. The highest BCUT2D eigenvalue weighted by Gasteiger charge is 2.48. The number of fused-ring (bicyclic) bond motifs is 2. The highest BCUT2D eigenvalue weighted by molar-refractivity contribution is 5.04. The van der Waals surface area contributed by atoms with E-state index < -0.39 is 0 Å². The highest BCUT2D eigenvalue weighted by atomic mass is 16.5. The molecule has 2 N–H and O–H groups in total. The Kier molecular flexibility index (Phi) is 3.63. The number of nitrogens with two attached hydrogens (primary N) is 1. The van der Waals surface area contributed by atoms with Gasteiger partial charge in [0.25, 0.3) is 0 Å². The molecule has 4 atom stereocenters. The van der Waals surface area contributed by atoms with E-state index in [-0.39, 0.29) is 5.54 Å². The molecular formula is C14H26N2O2. The summed E-state index contributed by atoms with van der Waals surface area (Å²) in [6.45, 7) is 2.81. The maximum absolute atomic E-state index is 6.18. The fourth-order valence-electron chi connectivity index (χ4n) is 4.23. The molecule has 0 aromatic heterocycles. The largest absolute Gasteiger partial charge is 0.379 e. The number of ether oxygens (including phenoxy) is 2. The fourth-order valence-corrected chi connectivity index (χ4v) is 4.23. The molecule has 3 rings (SSSR count). The average Bonchev–Trinajstić information content (AvgIpc) is 2.77. The molecule has 3 aliphatic rings. The van der Waals surface area contributed by atoms with Crippen molar-refractivity contribution in [2.24, 2.45) is 5.73 Å². The Labute approximate surface area is 110 Å². The van der Waals surface area contributed by atoms with Crippen LogP contribution < -0.4 is 5.73 Å². The van der Waals surface area contributed by atoms with Gasteiger partial charge in [0.2, 0.25) is 0 Å². The van der Waals surface area contributed by atoms with Crippen LogP contribution in [0.2, 0.25) is 0 Å². The minimum Gasteiger partial charge on any atom is -0.379 e. The number of morpholine rings is 1. The Balaban J connectivity index is 1.81. The van der Waals surface area contributed by atoms with Crippen molar-refractivity contribution in [3.05, 3.63) is 0 Å². The number of rotatable bonds is 3. The first-order valence-electron chi connectivity index (χ1n) is 7.42. The molecule has 2 aliphatic heterocycles. The third-order valence-electron chi connectivity index (χ3n) is 5.24. The summed E-state index contributed by atoms with van der Waals surface area (Å²) in [6.07, 6.45) is 8.51. The Bertz CT molecular complexity index is 288. The lowest BCUT2D eigenvalue weighted by atomic mass is 9.77. The number of methoxy groups -OCH3 is 1. The summed E-state index contributed by atoms with van der Waals surface area (Å²) < 4.78 is 11.7. The van der Waals surface area contributed by atoms with Crippen LogP contribution in [0.5, 0.6) is 0 Å². The van der Waals surface area contributed by atoms with E-state index in [1.807, 2.05) is 7.11 Å². The molecule has 18 heavy (non-hydrogen) atoms. The Hall–Kier alpha value is -0.160. The molecule has 4 nitrogen and oxygen atoms in total. The van der Waals surface area contributed by atoms with Gasteiger partial charge in [-0.3, -0.25) is 4.90 Å². The number of hydrogen-bond donors (Lipinski definition) is 1. The van der Waals surface area contributed by atoms with Gasteiger partial charge in [-0.15, -0.1) is 0 Å². The van der Waals surface area contributed by atoms with E-state index in [1.54, 1.807) is 0 Å². The second kappa shape index (κ2) is 5.08. The van der Waals surface area contributed by atoms with Gasteiger partial charge in [0.1, 0.15) is 0 Å². The van der Waals surface area contributed by atoms with Crippen molar-refractivity contribution >= 4 is 0 Å². The first-order valence-corrected chi connectivity index (χ1v) is 7.42. The van der Waals surface area contributed by atoms with Crippen LogP contribution in [0.4, 0.5) is 0 Å². The van der Waals surface area contributed by atoms with Gasteiger partial charge in [-0.2, -0.15) is 0 Å². The van der Waals surface area contributed by atoms with Crippen LogP contribution in [0.15, 0.2) is 0 Å². The van der Waals surface area contributed by atoms with Crippen molar-refractivity contribution < 1.29 is 9.47 Å². The first-order chi connectivity index (χ1) is 8.78. The quantitative estimate of drug-likeness (QED) is 0.820. The van der Waals surface area contributed by atoms with Crippen molar-refractivity contribution in [2.45, 2.75) is 62.4 Å². The standard InChI is InChI=1S/C14H26N2O2/c1-17-13-4-2-3-7-14(13,10-15)16-8-11-5-6-12(9-16)18-11/h11-13H,2-10,15H2,1H3. The third kappa shape index (κ3) is 1.99. The summed E-state index contributed by atoms with van der Waals surface area (Å²) >= 11 is 0. The smallest absolute Gasteiger partial charge is 0.0767 e. The molecule has 104 valence electrons. The van der Waals surface area contributed by atoms with Crippen LogP contribution in [0.1, 0.15) is 38.5 Å². The van der Waals surface area contributed by atoms with Crippen LogP contribution in [0, 0.1) is 0 Å². The summed E-state index contributed by atoms with van der Waals surface area (Å²) in [7, 11) is 1.84. The molecule has 3 fully saturated rings. The van der Waals surface area contributed by atoms with Gasteiger partial charge in [0.05, 0.1) is 23.9 Å². The monoisotopic (exact) mass is 254 g/mol. The van der Waals surface area contributed by atoms with Crippen molar-refractivity contribution in [1.29, 1.82) is 0 Å². The Morgan fingerprint density at radius 2 is 1.94 bits per heavy atom. The molecule has 0 radical (unpaired) electrons. The average molecular weight is 254 g/mol. The maximum atomic E-state index is 6.18. The van der Waals surface area contributed by atoms with Crippen molar-refractivity contribution in [1.82, 2.24) is 4.90 Å². The van der Waals surface area contributed by atoms with Crippen molar-refractivity contribution in [3.63, 3.8) is 0 Å². The number of likely N-dealkylation sites (tertiary alicyclic amines) is 1. The molecule has 2 bridgehead atoms. The lowest BCUT2D eigenvalue weighted by Gasteiger charge is -2.52. The Morgan fingerprint density at radius 1 is 1.22 bits per heavy atom. The zero-order valence-corrected chi connectivity index (χ0v) is 11.4. The predicted octanol–water partition coefficient (Wildman–Crippen LogP) is 1.14. The van der Waals surface area contributed by atoms with E-state index in [2.05, 4.69) is 4.90 Å². The van der Waals surface area contributed by atoms with Gasteiger partial charge < -0.3 is 15.2 Å². The number of hydrogen-bond acceptors (Lipinski definition) is 4. The zero-order valence-electron chi connectivity index (χ0n) is 11.4. The maximum Gasteiger partial charge on any atom is 0.0767 e. The van der Waals surface area contributed by atoms with E-state index in [4.69, 9.17) is 15.2 Å². The van der Waals surface area contributed by atoms with E-state index in [9.17, 15) is 0 Å². The van der Waals surface area contributed by atoms with Crippen LogP contribution in [0.3, 0.4) is 0 Å². The first kappa shape index (κ1) is 12.9. The SMILES string of the molecule is COC1CCCCC1(CN)N1CC2CCC(C1)O2. The molecule has 2 heterocycles. The topological polar surface area (TPSA) is 47.7 Å². The molecular weight excluding hydrogens is 228 g/mol. The number of nitrogens with zero attached hydrogens (tertiary/aromatic N) is 1. The highest BCUT2D eigenvalue weighted by Crippen LogP contribution is 2.39. The molecule has 0 spiro atoms. The zero-order chi connectivity index (χ0) is 12.6. The molecule has 1 saturated carbocycles. The molecule has 1 aliphatic carbocycles. The van der Waals surface area contributed by atoms with Crippen molar-refractivity contribution in [3.8, 4) is 0 Å². The second-order valence-corrected chi connectivity index (χ2v) is 6.14. The summed E-state index contributed by atoms with van der Waals surface area (Å²) in [5.41, 5.74) is 6.25. The van der Waals surface area contributed by atoms with Crippen LogP contribution in [0.25, 0.3) is 0 Å². The van der Waals surface area contributed by atoms with Crippen molar-refractivity contribution in [2.75, 3.05) is 26.7 Å². The normalized spacial score (nSPS) is 45.3. The van der Waals surface area contributed by atoms with E-state index in [0.29, 0.717) is 24.9 Å². The molecule has 0 amide bonds. The minimum absolute atomic E-state index is 0.0671.